The molecule has 2 aromatic rings. The van der Waals surface area contributed by atoms with E-state index in [1.54, 1.807) is 17.0 Å². The van der Waals surface area contributed by atoms with Crippen molar-refractivity contribution in [1.82, 2.24) is 25.4 Å². The SMILES string of the molecule is CCOCC(=O)N1C[C@@H](NC(=O)c2ccccc2)C[C@H]1c1n[nH]c(C)n1. The highest BCUT2D eigenvalue weighted by Gasteiger charge is 2.39. The smallest absolute Gasteiger partial charge is 0.251 e. The highest BCUT2D eigenvalue weighted by Crippen LogP contribution is 2.30. The molecule has 2 N–H and O–H groups in total. The second-order valence-corrected chi connectivity index (χ2v) is 6.25. The fraction of sp³-hybridized carbons (Fsp3) is 0.444. The number of hydrogen-bond acceptors (Lipinski definition) is 5. The van der Waals surface area contributed by atoms with Crippen molar-refractivity contribution in [3.8, 4) is 0 Å². The third kappa shape index (κ3) is 4.08. The lowest BCUT2D eigenvalue weighted by Crippen LogP contribution is -2.39. The van der Waals surface area contributed by atoms with Gasteiger partial charge in [0.15, 0.2) is 5.82 Å². The number of amides is 2. The number of carbonyl (C=O) groups is 2. The highest BCUT2D eigenvalue weighted by molar-refractivity contribution is 5.94. The molecule has 8 heteroatoms. The van der Waals surface area contributed by atoms with E-state index in [1.165, 1.54) is 0 Å². The Bertz CT molecular complexity index is 761. The van der Waals surface area contributed by atoms with Gasteiger partial charge in [-0.25, -0.2) is 4.98 Å². The molecule has 1 aromatic heterocycles. The van der Waals surface area contributed by atoms with Gasteiger partial charge in [-0.2, -0.15) is 5.10 Å². The number of hydrogen-bond donors (Lipinski definition) is 2. The fourth-order valence-corrected chi connectivity index (χ4v) is 3.10. The number of aryl methyl sites for hydroxylation is 1. The van der Waals surface area contributed by atoms with E-state index in [4.69, 9.17) is 4.74 Å². The van der Waals surface area contributed by atoms with E-state index in [2.05, 4.69) is 20.5 Å². The Balaban J connectivity index is 1.73. The largest absolute Gasteiger partial charge is 0.372 e. The summed E-state index contributed by atoms with van der Waals surface area (Å²) in [7, 11) is 0. The molecule has 0 unspecified atom stereocenters. The van der Waals surface area contributed by atoms with Crippen LogP contribution in [-0.2, 0) is 9.53 Å². The molecule has 1 aliphatic rings. The molecule has 0 aliphatic carbocycles. The number of ether oxygens (including phenoxy) is 1. The van der Waals surface area contributed by atoms with Gasteiger partial charge in [0, 0.05) is 24.8 Å². The first-order valence-corrected chi connectivity index (χ1v) is 8.70. The summed E-state index contributed by atoms with van der Waals surface area (Å²) < 4.78 is 5.26. The maximum absolute atomic E-state index is 12.5. The third-order valence-electron chi connectivity index (χ3n) is 4.33. The van der Waals surface area contributed by atoms with Crippen molar-refractivity contribution in [2.24, 2.45) is 0 Å². The van der Waals surface area contributed by atoms with Crippen LogP contribution in [0.5, 0.6) is 0 Å². The molecular weight excluding hydrogens is 334 g/mol. The van der Waals surface area contributed by atoms with E-state index in [0.717, 1.165) is 0 Å². The van der Waals surface area contributed by atoms with Crippen LogP contribution in [0, 0.1) is 6.92 Å². The van der Waals surface area contributed by atoms with Gasteiger partial charge in [-0.15, -0.1) is 0 Å². The first-order valence-electron chi connectivity index (χ1n) is 8.70. The molecule has 138 valence electrons. The molecule has 0 radical (unpaired) electrons. The average molecular weight is 357 g/mol. The maximum atomic E-state index is 12.5. The standard InChI is InChI=1S/C18H23N5O3/c1-3-26-11-16(24)23-10-14(9-15(23)17-19-12(2)21-22-17)20-18(25)13-7-5-4-6-8-13/h4-8,14-15H,3,9-11H2,1-2H3,(H,20,25)(H,19,21,22)/t14-,15-/m0/s1. The van der Waals surface area contributed by atoms with E-state index in [0.29, 0.717) is 36.8 Å². The molecule has 0 bridgehead atoms. The van der Waals surface area contributed by atoms with Crippen molar-refractivity contribution in [1.29, 1.82) is 0 Å². The first kappa shape index (κ1) is 18.1. The molecule has 2 atom stereocenters. The van der Waals surface area contributed by atoms with Gasteiger partial charge in [-0.3, -0.25) is 14.7 Å². The predicted molar refractivity (Wildman–Crippen MR) is 94.4 cm³/mol. The molecule has 1 fully saturated rings. The Labute approximate surface area is 151 Å². The minimum Gasteiger partial charge on any atom is -0.372 e. The molecule has 2 heterocycles. The molecule has 26 heavy (non-hydrogen) atoms. The topological polar surface area (TPSA) is 100 Å². The highest BCUT2D eigenvalue weighted by atomic mass is 16.5. The maximum Gasteiger partial charge on any atom is 0.251 e. The fourth-order valence-electron chi connectivity index (χ4n) is 3.10. The van der Waals surface area contributed by atoms with Gasteiger partial charge < -0.3 is 15.0 Å². The van der Waals surface area contributed by atoms with E-state index in [9.17, 15) is 9.59 Å². The van der Waals surface area contributed by atoms with E-state index in [1.807, 2.05) is 32.0 Å². The summed E-state index contributed by atoms with van der Waals surface area (Å²) in [5, 5.41) is 10.0. The molecule has 0 spiro atoms. The molecule has 8 nitrogen and oxygen atoms in total. The Morgan fingerprint density at radius 1 is 1.35 bits per heavy atom. The number of carbonyl (C=O) groups excluding carboxylic acids is 2. The van der Waals surface area contributed by atoms with Crippen molar-refractivity contribution in [2.75, 3.05) is 19.8 Å². The molecule has 1 aliphatic heterocycles. The van der Waals surface area contributed by atoms with Crippen LogP contribution in [0.1, 0.15) is 41.4 Å². The van der Waals surface area contributed by atoms with Crippen LogP contribution in [0.4, 0.5) is 0 Å². The van der Waals surface area contributed by atoms with Gasteiger partial charge in [0.05, 0.1) is 6.04 Å². The zero-order valence-electron chi connectivity index (χ0n) is 14.9. The van der Waals surface area contributed by atoms with Crippen LogP contribution in [0.25, 0.3) is 0 Å². The normalized spacial score (nSPS) is 19.5. The van der Waals surface area contributed by atoms with Gasteiger partial charge in [0.1, 0.15) is 12.4 Å². The molecule has 1 saturated heterocycles. The van der Waals surface area contributed by atoms with Crippen molar-refractivity contribution in [3.05, 3.63) is 47.5 Å². The summed E-state index contributed by atoms with van der Waals surface area (Å²) >= 11 is 0. The van der Waals surface area contributed by atoms with Crippen LogP contribution >= 0.6 is 0 Å². The van der Waals surface area contributed by atoms with E-state index in [-0.39, 0.29) is 30.5 Å². The Morgan fingerprint density at radius 3 is 2.77 bits per heavy atom. The first-order chi connectivity index (χ1) is 12.6. The number of aromatic nitrogens is 3. The summed E-state index contributed by atoms with van der Waals surface area (Å²) in [6.07, 6.45) is 0.563. The monoisotopic (exact) mass is 357 g/mol. The van der Waals surface area contributed by atoms with Gasteiger partial charge in [-0.05, 0) is 32.4 Å². The van der Waals surface area contributed by atoms with Gasteiger partial charge in [0.2, 0.25) is 5.91 Å². The summed E-state index contributed by atoms with van der Waals surface area (Å²) in [5.74, 6) is 0.966. The second-order valence-electron chi connectivity index (χ2n) is 6.25. The number of aromatic amines is 1. The molecule has 1 aromatic carbocycles. The Kier molecular flexibility index (Phi) is 5.62. The van der Waals surface area contributed by atoms with Crippen molar-refractivity contribution >= 4 is 11.8 Å². The molecule has 0 saturated carbocycles. The number of H-pyrrole nitrogens is 1. The lowest BCUT2D eigenvalue weighted by molar-refractivity contribution is -0.137. The summed E-state index contributed by atoms with van der Waals surface area (Å²) in [6, 6.07) is 8.58. The van der Waals surface area contributed by atoms with Crippen molar-refractivity contribution in [2.45, 2.75) is 32.4 Å². The average Bonchev–Trinajstić information content (AvgIpc) is 3.26. The Hall–Kier alpha value is -2.74. The van der Waals surface area contributed by atoms with Crippen LogP contribution in [0.15, 0.2) is 30.3 Å². The Morgan fingerprint density at radius 2 is 2.12 bits per heavy atom. The number of likely N-dealkylation sites (tertiary alicyclic amines) is 1. The second kappa shape index (κ2) is 8.09. The summed E-state index contributed by atoms with van der Waals surface area (Å²) in [4.78, 5) is 31.0. The van der Waals surface area contributed by atoms with Crippen LogP contribution in [0.2, 0.25) is 0 Å². The quantitative estimate of drug-likeness (QED) is 0.810. The van der Waals surface area contributed by atoms with Crippen LogP contribution < -0.4 is 5.32 Å². The lowest BCUT2D eigenvalue weighted by atomic mass is 10.1. The predicted octanol–water partition coefficient (Wildman–Crippen LogP) is 1.22. The van der Waals surface area contributed by atoms with Crippen molar-refractivity contribution < 1.29 is 14.3 Å². The number of nitrogens with one attached hydrogen (secondary N) is 2. The van der Waals surface area contributed by atoms with E-state index < -0.39 is 0 Å². The van der Waals surface area contributed by atoms with Gasteiger partial charge >= 0.3 is 0 Å². The number of rotatable bonds is 6. The van der Waals surface area contributed by atoms with Crippen molar-refractivity contribution in [3.63, 3.8) is 0 Å². The molecular formula is C18H23N5O3. The summed E-state index contributed by atoms with van der Waals surface area (Å²) in [5.41, 5.74) is 0.594. The molecule has 2 amide bonds. The number of nitrogens with zero attached hydrogens (tertiary/aromatic N) is 3. The van der Waals surface area contributed by atoms with Gasteiger partial charge in [-0.1, -0.05) is 18.2 Å². The van der Waals surface area contributed by atoms with Crippen LogP contribution in [0.3, 0.4) is 0 Å². The zero-order valence-corrected chi connectivity index (χ0v) is 14.9. The number of benzene rings is 1. The zero-order chi connectivity index (χ0) is 18.5. The van der Waals surface area contributed by atoms with Gasteiger partial charge in [0.25, 0.3) is 5.91 Å². The minimum absolute atomic E-state index is 0.00968. The third-order valence-corrected chi connectivity index (χ3v) is 4.33. The minimum atomic E-state index is -0.283. The van der Waals surface area contributed by atoms with Crippen LogP contribution in [-0.4, -0.2) is 57.7 Å². The lowest BCUT2D eigenvalue weighted by Gasteiger charge is -2.22. The molecule has 3 rings (SSSR count). The van der Waals surface area contributed by atoms with E-state index >= 15 is 0 Å². The summed E-state index contributed by atoms with van der Waals surface area (Å²) in [6.45, 7) is 4.54.